The number of carbonyl (C=O) groups excluding carboxylic acids is 1. The van der Waals surface area contributed by atoms with Crippen LogP contribution < -0.4 is 10.5 Å². The molecule has 0 spiro atoms. The Bertz CT molecular complexity index is 537. The number of rotatable bonds is 10. The van der Waals surface area contributed by atoms with Gasteiger partial charge in [-0.15, -0.1) is 0 Å². The molecule has 5 nitrogen and oxygen atoms in total. The summed E-state index contributed by atoms with van der Waals surface area (Å²) in [6.45, 7) is 11.9. The van der Waals surface area contributed by atoms with Crippen LogP contribution in [0.1, 0.15) is 39.2 Å². The van der Waals surface area contributed by atoms with Gasteiger partial charge in [0.2, 0.25) is 5.91 Å². The standard InChI is InChI=1S/C19H33NO4Si/c1-19(2,3)25(5,6)24-17(11-12-18(20)21)14-23-13-15-7-9-16(22-4)10-8-15/h7-10,17H,11-14H2,1-6H3,(H2,20,21)/t17-/m0/s1. The van der Waals surface area contributed by atoms with Gasteiger partial charge in [0.15, 0.2) is 8.32 Å². The van der Waals surface area contributed by atoms with E-state index in [0.29, 0.717) is 26.1 Å². The maximum Gasteiger partial charge on any atom is 0.217 e. The lowest BCUT2D eigenvalue weighted by atomic mass is 10.2. The molecule has 0 radical (unpaired) electrons. The van der Waals surface area contributed by atoms with Gasteiger partial charge in [0.05, 0.1) is 26.4 Å². The minimum atomic E-state index is -1.93. The van der Waals surface area contributed by atoms with Crippen LogP contribution in [0, 0.1) is 0 Å². The summed E-state index contributed by atoms with van der Waals surface area (Å²) in [5.74, 6) is 0.517. The van der Waals surface area contributed by atoms with Gasteiger partial charge in [-0.1, -0.05) is 32.9 Å². The molecule has 1 amide bonds. The second-order valence-corrected chi connectivity index (χ2v) is 12.6. The van der Waals surface area contributed by atoms with E-state index < -0.39 is 8.32 Å². The lowest BCUT2D eigenvalue weighted by Crippen LogP contribution is -2.45. The molecule has 0 aliphatic carbocycles. The molecule has 25 heavy (non-hydrogen) atoms. The van der Waals surface area contributed by atoms with E-state index in [0.717, 1.165) is 11.3 Å². The minimum Gasteiger partial charge on any atom is -0.497 e. The third-order valence-corrected chi connectivity index (χ3v) is 9.25. The van der Waals surface area contributed by atoms with E-state index in [9.17, 15) is 4.79 Å². The Kier molecular flexibility index (Phi) is 8.11. The SMILES string of the molecule is COc1ccc(COC[C@H](CCC(N)=O)O[Si](C)(C)C(C)(C)C)cc1. The zero-order valence-corrected chi connectivity index (χ0v) is 17.4. The van der Waals surface area contributed by atoms with E-state index in [1.54, 1.807) is 7.11 Å². The summed E-state index contributed by atoms with van der Waals surface area (Å²) in [6, 6.07) is 7.78. The van der Waals surface area contributed by atoms with Gasteiger partial charge in [0.1, 0.15) is 5.75 Å². The molecule has 0 saturated heterocycles. The predicted molar refractivity (Wildman–Crippen MR) is 103 cm³/mol. The number of ether oxygens (including phenoxy) is 2. The molecule has 0 saturated carbocycles. The van der Waals surface area contributed by atoms with Gasteiger partial charge >= 0.3 is 0 Å². The maximum absolute atomic E-state index is 11.1. The number of methoxy groups -OCH3 is 1. The zero-order chi connectivity index (χ0) is 19.1. The van der Waals surface area contributed by atoms with E-state index in [1.807, 2.05) is 24.3 Å². The lowest BCUT2D eigenvalue weighted by Gasteiger charge is -2.39. The first-order valence-corrected chi connectivity index (χ1v) is 11.6. The zero-order valence-electron chi connectivity index (χ0n) is 16.4. The molecule has 0 fully saturated rings. The Hall–Kier alpha value is -1.37. The Balaban J connectivity index is 2.61. The highest BCUT2D eigenvalue weighted by molar-refractivity contribution is 6.74. The van der Waals surface area contributed by atoms with Crippen molar-refractivity contribution in [1.29, 1.82) is 0 Å². The molecule has 142 valence electrons. The first-order valence-electron chi connectivity index (χ1n) is 8.72. The Labute approximate surface area is 153 Å². The summed E-state index contributed by atoms with van der Waals surface area (Å²) < 4.78 is 17.4. The van der Waals surface area contributed by atoms with E-state index in [2.05, 4.69) is 33.9 Å². The van der Waals surface area contributed by atoms with E-state index in [1.165, 1.54) is 0 Å². The molecule has 0 aliphatic heterocycles. The molecule has 1 rings (SSSR count). The van der Waals surface area contributed by atoms with Crippen LogP contribution in [-0.4, -0.2) is 34.0 Å². The highest BCUT2D eigenvalue weighted by Gasteiger charge is 2.39. The van der Waals surface area contributed by atoms with Crippen molar-refractivity contribution in [2.24, 2.45) is 5.73 Å². The van der Waals surface area contributed by atoms with E-state index >= 15 is 0 Å². The van der Waals surface area contributed by atoms with Gasteiger partial charge in [0.25, 0.3) is 0 Å². The first kappa shape index (κ1) is 21.7. The number of nitrogens with two attached hydrogens (primary N) is 1. The first-order chi connectivity index (χ1) is 11.5. The van der Waals surface area contributed by atoms with Crippen molar-refractivity contribution in [3.05, 3.63) is 29.8 Å². The number of benzene rings is 1. The molecule has 0 aromatic heterocycles. The third kappa shape index (κ3) is 7.58. The minimum absolute atomic E-state index is 0.105. The summed E-state index contributed by atoms with van der Waals surface area (Å²) in [5, 5.41) is 0.105. The van der Waals surface area contributed by atoms with Crippen molar-refractivity contribution in [2.75, 3.05) is 13.7 Å². The molecule has 0 aliphatic rings. The van der Waals surface area contributed by atoms with Gasteiger partial charge in [-0.3, -0.25) is 4.79 Å². The summed E-state index contributed by atoms with van der Waals surface area (Å²) in [7, 11) is -0.284. The van der Waals surface area contributed by atoms with Crippen LogP contribution in [0.3, 0.4) is 0 Å². The summed E-state index contributed by atoms with van der Waals surface area (Å²) in [6.07, 6.45) is 0.780. The monoisotopic (exact) mass is 367 g/mol. The normalized spacial score (nSPS) is 13.5. The molecule has 0 bridgehead atoms. The Morgan fingerprint density at radius 3 is 2.28 bits per heavy atom. The Morgan fingerprint density at radius 1 is 1.20 bits per heavy atom. The maximum atomic E-state index is 11.1. The number of carbonyl (C=O) groups is 1. The van der Waals surface area contributed by atoms with Crippen LogP contribution in [0.2, 0.25) is 18.1 Å². The largest absolute Gasteiger partial charge is 0.497 e. The van der Waals surface area contributed by atoms with Crippen molar-refractivity contribution in [3.8, 4) is 5.75 Å². The molecule has 6 heteroatoms. The number of primary amides is 1. The van der Waals surface area contributed by atoms with E-state index in [-0.39, 0.29) is 17.0 Å². The average molecular weight is 368 g/mol. The van der Waals surface area contributed by atoms with Gasteiger partial charge in [-0.25, -0.2) is 0 Å². The molecule has 1 atom stereocenters. The molecule has 2 N–H and O–H groups in total. The molecular weight excluding hydrogens is 334 g/mol. The van der Waals surface area contributed by atoms with Crippen molar-refractivity contribution in [1.82, 2.24) is 0 Å². The van der Waals surface area contributed by atoms with Crippen molar-refractivity contribution >= 4 is 14.2 Å². The van der Waals surface area contributed by atoms with Crippen LogP contribution >= 0.6 is 0 Å². The van der Waals surface area contributed by atoms with Crippen molar-refractivity contribution < 1.29 is 18.7 Å². The molecule has 1 aromatic carbocycles. The van der Waals surface area contributed by atoms with Crippen LogP contribution in [0.5, 0.6) is 5.75 Å². The number of hydrogen-bond donors (Lipinski definition) is 1. The second kappa shape index (κ2) is 9.36. The fraction of sp³-hybridized carbons (Fsp3) is 0.632. The summed E-state index contributed by atoms with van der Waals surface area (Å²) >= 11 is 0. The molecule has 1 aromatic rings. The van der Waals surface area contributed by atoms with E-state index in [4.69, 9.17) is 19.6 Å². The summed E-state index contributed by atoms with van der Waals surface area (Å²) in [5.41, 5.74) is 6.37. The number of amides is 1. The fourth-order valence-electron chi connectivity index (χ4n) is 2.10. The van der Waals surface area contributed by atoms with Crippen molar-refractivity contribution in [3.63, 3.8) is 0 Å². The second-order valence-electron chi connectivity index (χ2n) is 7.87. The quantitative estimate of drug-likeness (QED) is 0.637. The number of hydrogen-bond acceptors (Lipinski definition) is 4. The van der Waals surface area contributed by atoms with Crippen LogP contribution in [0.4, 0.5) is 0 Å². The summed E-state index contributed by atoms with van der Waals surface area (Å²) in [4.78, 5) is 11.1. The average Bonchev–Trinajstić information content (AvgIpc) is 2.51. The van der Waals surface area contributed by atoms with Crippen LogP contribution in [0.25, 0.3) is 0 Å². The lowest BCUT2D eigenvalue weighted by molar-refractivity contribution is -0.118. The molecule has 0 unspecified atom stereocenters. The van der Waals surface area contributed by atoms with Crippen molar-refractivity contribution in [2.45, 2.75) is 64.5 Å². The molecular formula is C19H33NO4Si. The fourth-order valence-corrected chi connectivity index (χ4v) is 3.48. The third-order valence-electron chi connectivity index (χ3n) is 4.71. The van der Waals surface area contributed by atoms with Gasteiger partial charge in [-0.05, 0) is 42.2 Å². The van der Waals surface area contributed by atoms with Crippen LogP contribution in [0.15, 0.2) is 24.3 Å². The van der Waals surface area contributed by atoms with Gasteiger partial charge in [0, 0.05) is 6.42 Å². The smallest absolute Gasteiger partial charge is 0.217 e. The topological polar surface area (TPSA) is 70.8 Å². The highest BCUT2D eigenvalue weighted by atomic mass is 28.4. The Morgan fingerprint density at radius 2 is 1.80 bits per heavy atom. The molecule has 0 heterocycles. The van der Waals surface area contributed by atoms with Gasteiger partial charge < -0.3 is 19.6 Å². The highest BCUT2D eigenvalue weighted by Crippen LogP contribution is 2.37. The predicted octanol–water partition coefficient (Wildman–Crippen LogP) is 3.87. The van der Waals surface area contributed by atoms with Gasteiger partial charge in [-0.2, -0.15) is 0 Å². The van der Waals surface area contributed by atoms with Crippen LogP contribution in [-0.2, 0) is 20.6 Å².